The minimum Gasteiger partial charge on any atom is -0.352 e. The molecule has 2 aromatic carbocycles. The quantitative estimate of drug-likeness (QED) is 0.382. The van der Waals surface area contributed by atoms with Crippen LogP contribution in [0.3, 0.4) is 0 Å². The third-order valence-electron chi connectivity index (χ3n) is 5.00. The Bertz CT molecular complexity index is 1110. The topological polar surface area (TPSA) is 86.8 Å². The zero-order valence-electron chi connectivity index (χ0n) is 19.4. The summed E-state index contributed by atoms with van der Waals surface area (Å²) in [6.45, 7) is 4.90. The number of nitrogens with zero attached hydrogens (tertiary/aromatic N) is 2. The second kappa shape index (κ2) is 12.4. The summed E-state index contributed by atoms with van der Waals surface area (Å²) in [4.78, 5) is 27.9. The van der Waals surface area contributed by atoms with Crippen molar-refractivity contribution in [3.05, 3.63) is 61.6 Å². The Labute approximate surface area is 225 Å². The first-order valence-corrected chi connectivity index (χ1v) is 14.3. The van der Waals surface area contributed by atoms with Gasteiger partial charge in [-0.1, -0.05) is 36.2 Å². The minimum absolute atomic E-state index is 0.0499. The third kappa shape index (κ3) is 7.73. The van der Waals surface area contributed by atoms with Crippen LogP contribution in [0.1, 0.15) is 32.8 Å². The molecule has 2 aromatic rings. The number of rotatable bonds is 10. The van der Waals surface area contributed by atoms with Gasteiger partial charge in [-0.3, -0.25) is 13.9 Å². The van der Waals surface area contributed by atoms with E-state index >= 15 is 0 Å². The number of nitrogens with one attached hydrogen (secondary N) is 1. The molecule has 11 heteroatoms. The van der Waals surface area contributed by atoms with Crippen LogP contribution in [0.4, 0.5) is 5.69 Å². The van der Waals surface area contributed by atoms with Gasteiger partial charge in [-0.15, -0.1) is 0 Å². The molecule has 0 heterocycles. The number of hydrogen-bond donors (Lipinski definition) is 1. The molecule has 0 saturated carbocycles. The molecule has 186 valence electrons. The zero-order chi connectivity index (χ0) is 25.6. The van der Waals surface area contributed by atoms with Crippen LogP contribution < -0.4 is 9.62 Å². The highest BCUT2D eigenvalue weighted by atomic mass is 127. The lowest BCUT2D eigenvalue weighted by Crippen LogP contribution is -2.53. The van der Waals surface area contributed by atoms with Gasteiger partial charge in [0.05, 0.1) is 11.9 Å². The number of hydrogen-bond acceptors (Lipinski definition) is 4. The number of carbonyl (C=O) groups excluding carboxylic acids is 2. The van der Waals surface area contributed by atoms with E-state index in [1.807, 2.05) is 13.8 Å². The molecule has 0 bridgehead atoms. The Hall–Kier alpha value is -1.56. The van der Waals surface area contributed by atoms with Crippen LogP contribution in [0.5, 0.6) is 0 Å². The first kappa shape index (κ1) is 28.7. The molecule has 0 spiro atoms. The first-order chi connectivity index (χ1) is 15.8. The first-order valence-electron chi connectivity index (χ1n) is 10.6. The lowest BCUT2D eigenvalue weighted by Gasteiger charge is -2.33. The maximum Gasteiger partial charge on any atom is 0.244 e. The van der Waals surface area contributed by atoms with Crippen molar-refractivity contribution in [2.24, 2.45) is 0 Å². The van der Waals surface area contributed by atoms with Crippen molar-refractivity contribution in [2.45, 2.75) is 45.8 Å². The van der Waals surface area contributed by atoms with Gasteiger partial charge in [0.15, 0.2) is 0 Å². The van der Waals surface area contributed by atoms with Crippen molar-refractivity contribution in [3.8, 4) is 0 Å². The SMILES string of the molecule is CC[C@@H](C(=O)NC(C)C)N(Cc1c(Cl)cccc1Cl)C(=O)CN(c1ccc(I)cc1)S(C)(=O)=O. The van der Waals surface area contributed by atoms with Gasteiger partial charge in [0.2, 0.25) is 21.8 Å². The van der Waals surface area contributed by atoms with Gasteiger partial charge < -0.3 is 10.2 Å². The van der Waals surface area contributed by atoms with Crippen LogP contribution in [0, 0.1) is 3.57 Å². The maximum atomic E-state index is 13.6. The molecule has 0 aromatic heterocycles. The Morgan fingerprint density at radius 1 is 1.06 bits per heavy atom. The summed E-state index contributed by atoms with van der Waals surface area (Å²) in [5.41, 5.74) is 0.835. The van der Waals surface area contributed by atoms with Crippen molar-refractivity contribution >= 4 is 73.3 Å². The van der Waals surface area contributed by atoms with Gasteiger partial charge in [0.1, 0.15) is 12.6 Å². The highest BCUT2D eigenvalue weighted by molar-refractivity contribution is 14.1. The van der Waals surface area contributed by atoms with E-state index < -0.39 is 28.5 Å². The Morgan fingerprint density at radius 2 is 1.62 bits per heavy atom. The summed E-state index contributed by atoms with van der Waals surface area (Å²) >= 11 is 14.8. The lowest BCUT2D eigenvalue weighted by molar-refractivity contribution is -0.140. The van der Waals surface area contributed by atoms with E-state index in [9.17, 15) is 18.0 Å². The molecule has 1 N–H and O–H groups in total. The molecule has 34 heavy (non-hydrogen) atoms. The molecule has 0 aliphatic heterocycles. The highest BCUT2D eigenvalue weighted by Gasteiger charge is 2.32. The van der Waals surface area contributed by atoms with Crippen LogP contribution in [0.2, 0.25) is 10.0 Å². The molecule has 0 saturated heterocycles. The lowest BCUT2D eigenvalue weighted by atomic mass is 10.1. The Kier molecular flexibility index (Phi) is 10.5. The molecule has 1 atom stereocenters. The fourth-order valence-electron chi connectivity index (χ4n) is 3.37. The Morgan fingerprint density at radius 3 is 2.09 bits per heavy atom. The van der Waals surface area contributed by atoms with Crippen molar-refractivity contribution in [3.63, 3.8) is 0 Å². The molecule has 0 radical (unpaired) electrons. The number of halogens is 3. The van der Waals surface area contributed by atoms with Crippen molar-refractivity contribution < 1.29 is 18.0 Å². The summed E-state index contributed by atoms with van der Waals surface area (Å²) in [5.74, 6) is -0.889. The third-order valence-corrected chi connectivity index (χ3v) is 7.57. The fraction of sp³-hybridized carbons (Fsp3) is 0.391. The molecule has 0 fully saturated rings. The van der Waals surface area contributed by atoms with E-state index in [-0.39, 0.29) is 18.5 Å². The zero-order valence-corrected chi connectivity index (χ0v) is 23.9. The average molecular weight is 640 g/mol. The van der Waals surface area contributed by atoms with Gasteiger partial charge in [0.25, 0.3) is 0 Å². The molecule has 0 aliphatic carbocycles. The highest BCUT2D eigenvalue weighted by Crippen LogP contribution is 2.28. The number of anilines is 1. The number of carbonyl (C=O) groups is 2. The second-order valence-electron chi connectivity index (χ2n) is 8.06. The van der Waals surface area contributed by atoms with Crippen LogP contribution in [-0.4, -0.2) is 50.0 Å². The normalized spacial score (nSPS) is 12.4. The van der Waals surface area contributed by atoms with Gasteiger partial charge in [-0.05, 0) is 79.3 Å². The molecule has 7 nitrogen and oxygen atoms in total. The van der Waals surface area contributed by atoms with E-state index in [0.29, 0.717) is 27.7 Å². The van der Waals surface area contributed by atoms with Crippen LogP contribution in [-0.2, 0) is 26.2 Å². The van der Waals surface area contributed by atoms with Gasteiger partial charge in [-0.2, -0.15) is 0 Å². The van der Waals surface area contributed by atoms with Crippen molar-refractivity contribution in [1.29, 1.82) is 0 Å². The predicted molar refractivity (Wildman–Crippen MR) is 146 cm³/mol. The van der Waals surface area contributed by atoms with E-state index in [1.54, 1.807) is 49.4 Å². The summed E-state index contributed by atoms with van der Waals surface area (Å²) < 4.78 is 27.1. The number of sulfonamides is 1. The molecule has 0 aliphatic rings. The largest absolute Gasteiger partial charge is 0.352 e. The van der Waals surface area contributed by atoms with Gasteiger partial charge in [-0.25, -0.2) is 8.42 Å². The number of benzene rings is 2. The summed E-state index contributed by atoms with van der Waals surface area (Å²) in [6, 6.07) is 10.8. The monoisotopic (exact) mass is 639 g/mol. The standard InChI is InChI=1S/C23H28Cl2IN3O4S/c1-5-21(23(31)27-15(2)3)28(13-18-19(24)7-6-8-20(18)25)22(30)14-29(34(4,32)33)17-11-9-16(26)10-12-17/h6-12,15,21H,5,13-14H2,1-4H3,(H,27,31)/t21-/m0/s1. The van der Waals surface area contributed by atoms with Crippen LogP contribution >= 0.6 is 45.8 Å². The van der Waals surface area contributed by atoms with E-state index in [4.69, 9.17) is 23.2 Å². The second-order valence-corrected chi connectivity index (χ2v) is 12.0. The summed E-state index contributed by atoms with van der Waals surface area (Å²) in [5, 5.41) is 3.53. The molecular weight excluding hydrogens is 612 g/mol. The smallest absolute Gasteiger partial charge is 0.244 e. The van der Waals surface area contributed by atoms with Crippen molar-refractivity contribution in [1.82, 2.24) is 10.2 Å². The van der Waals surface area contributed by atoms with Crippen molar-refractivity contribution in [2.75, 3.05) is 17.1 Å². The molecular formula is C23H28Cl2IN3O4S. The number of amides is 2. The minimum atomic E-state index is -3.79. The van der Waals surface area contributed by atoms with Crippen LogP contribution in [0.15, 0.2) is 42.5 Å². The van der Waals surface area contributed by atoms with E-state index in [2.05, 4.69) is 27.9 Å². The molecule has 2 amide bonds. The summed E-state index contributed by atoms with van der Waals surface area (Å²) in [7, 11) is -3.79. The van der Waals surface area contributed by atoms with E-state index in [1.165, 1.54) is 4.90 Å². The van der Waals surface area contributed by atoms with Gasteiger partial charge >= 0.3 is 0 Å². The van der Waals surface area contributed by atoms with Gasteiger partial charge in [0, 0.05) is 31.8 Å². The maximum absolute atomic E-state index is 13.6. The predicted octanol–water partition coefficient (Wildman–Crippen LogP) is 4.70. The summed E-state index contributed by atoms with van der Waals surface area (Å²) in [6.07, 6.45) is 1.35. The molecule has 2 rings (SSSR count). The average Bonchev–Trinajstić information content (AvgIpc) is 2.73. The van der Waals surface area contributed by atoms with Crippen LogP contribution in [0.25, 0.3) is 0 Å². The Balaban J connectivity index is 2.49. The van der Waals surface area contributed by atoms with E-state index in [0.717, 1.165) is 14.1 Å². The fourth-order valence-corrected chi connectivity index (χ4v) is 5.10. The molecule has 0 unspecified atom stereocenters.